The smallest absolute Gasteiger partial charge is 0.238 e. The Balaban J connectivity index is 1.34. The maximum absolute atomic E-state index is 12.0. The van der Waals surface area contributed by atoms with Gasteiger partial charge in [-0.25, -0.2) is 4.98 Å². The van der Waals surface area contributed by atoms with Gasteiger partial charge in [0.2, 0.25) is 5.91 Å². The van der Waals surface area contributed by atoms with Gasteiger partial charge in [0.25, 0.3) is 0 Å². The number of aryl methyl sites for hydroxylation is 1. The fraction of sp³-hybridized carbons (Fsp3) is 0.500. The molecule has 134 valence electrons. The highest BCUT2D eigenvalue weighted by Gasteiger charge is 2.15. The lowest BCUT2D eigenvalue weighted by Gasteiger charge is -2.22. The van der Waals surface area contributed by atoms with Crippen molar-refractivity contribution < 1.29 is 4.79 Å². The monoisotopic (exact) mass is 340 g/mol. The Morgan fingerprint density at radius 2 is 1.96 bits per heavy atom. The van der Waals surface area contributed by atoms with Crippen molar-refractivity contribution in [2.45, 2.75) is 51.0 Å². The number of rotatable bonds is 8. The zero-order chi connectivity index (χ0) is 17.3. The maximum Gasteiger partial charge on any atom is 0.238 e. The Labute approximate surface area is 149 Å². The second kappa shape index (κ2) is 9.37. The van der Waals surface area contributed by atoms with E-state index < -0.39 is 0 Å². The van der Waals surface area contributed by atoms with Crippen molar-refractivity contribution in [1.29, 1.82) is 0 Å². The van der Waals surface area contributed by atoms with Gasteiger partial charge in [0, 0.05) is 24.6 Å². The number of aromatic nitrogens is 2. The summed E-state index contributed by atoms with van der Waals surface area (Å²) >= 11 is 0. The molecule has 25 heavy (non-hydrogen) atoms. The van der Waals surface area contributed by atoms with Gasteiger partial charge in [-0.3, -0.25) is 4.79 Å². The number of anilines is 1. The van der Waals surface area contributed by atoms with Crippen LogP contribution in [0.1, 0.15) is 50.0 Å². The summed E-state index contributed by atoms with van der Waals surface area (Å²) in [7, 11) is 0. The molecule has 2 aromatic rings. The number of benzene rings is 1. The lowest BCUT2D eigenvalue weighted by molar-refractivity contribution is -0.115. The van der Waals surface area contributed by atoms with Crippen LogP contribution in [0.25, 0.3) is 0 Å². The van der Waals surface area contributed by atoms with Crippen molar-refractivity contribution >= 4 is 11.6 Å². The van der Waals surface area contributed by atoms with E-state index in [0.717, 1.165) is 25.2 Å². The molecular formula is C20H28N4O. The Morgan fingerprint density at radius 3 is 2.68 bits per heavy atom. The average Bonchev–Trinajstić information content (AvgIpc) is 3.16. The first-order valence-electron chi connectivity index (χ1n) is 9.37. The zero-order valence-corrected chi connectivity index (χ0v) is 14.8. The normalized spacial score (nSPS) is 15.2. The standard InChI is InChI=1S/C20H28N4O/c25-20(15-21-11-4-13-24-14-12-22-16-24)23-19-9-7-18(8-10-19)17-5-2-1-3-6-17/h7-10,12,14,16-17,21H,1-6,11,13,15H2,(H,23,25). The van der Waals surface area contributed by atoms with Crippen molar-refractivity contribution in [1.82, 2.24) is 14.9 Å². The molecule has 1 fully saturated rings. The highest BCUT2D eigenvalue weighted by atomic mass is 16.1. The van der Waals surface area contributed by atoms with Crippen molar-refractivity contribution in [2.75, 3.05) is 18.4 Å². The van der Waals surface area contributed by atoms with Crippen LogP contribution in [-0.4, -0.2) is 28.5 Å². The van der Waals surface area contributed by atoms with Crippen molar-refractivity contribution in [3.8, 4) is 0 Å². The molecule has 0 aliphatic heterocycles. The maximum atomic E-state index is 12.0. The quantitative estimate of drug-likeness (QED) is 0.723. The zero-order valence-electron chi connectivity index (χ0n) is 14.8. The highest BCUT2D eigenvalue weighted by molar-refractivity contribution is 5.92. The number of carbonyl (C=O) groups is 1. The second-order valence-corrected chi connectivity index (χ2v) is 6.84. The SMILES string of the molecule is O=C(CNCCCn1ccnc1)Nc1ccc(C2CCCCC2)cc1. The molecule has 0 atom stereocenters. The Kier molecular flexibility index (Phi) is 6.63. The van der Waals surface area contributed by atoms with E-state index in [0.29, 0.717) is 12.5 Å². The first-order chi connectivity index (χ1) is 12.3. The molecule has 3 rings (SSSR count). The number of hydrogen-bond acceptors (Lipinski definition) is 3. The van der Waals surface area contributed by atoms with E-state index in [2.05, 4.69) is 27.8 Å². The van der Waals surface area contributed by atoms with Crippen LogP contribution in [0.5, 0.6) is 0 Å². The Morgan fingerprint density at radius 1 is 1.16 bits per heavy atom. The van der Waals surface area contributed by atoms with Gasteiger partial charge < -0.3 is 15.2 Å². The highest BCUT2D eigenvalue weighted by Crippen LogP contribution is 2.32. The van der Waals surface area contributed by atoms with E-state index in [1.807, 2.05) is 29.2 Å². The molecule has 1 aromatic heterocycles. The molecule has 0 radical (unpaired) electrons. The van der Waals surface area contributed by atoms with E-state index in [1.54, 1.807) is 6.20 Å². The summed E-state index contributed by atoms with van der Waals surface area (Å²) < 4.78 is 2.04. The average molecular weight is 340 g/mol. The third kappa shape index (κ3) is 5.71. The summed E-state index contributed by atoms with van der Waals surface area (Å²) in [5.74, 6) is 0.712. The lowest BCUT2D eigenvalue weighted by Crippen LogP contribution is -2.29. The summed E-state index contributed by atoms with van der Waals surface area (Å²) in [4.78, 5) is 16.0. The van der Waals surface area contributed by atoms with E-state index in [-0.39, 0.29) is 5.91 Å². The fourth-order valence-electron chi connectivity index (χ4n) is 3.49. The molecule has 5 heteroatoms. The van der Waals surface area contributed by atoms with E-state index in [1.165, 1.54) is 37.7 Å². The molecule has 1 aromatic carbocycles. The van der Waals surface area contributed by atoms with E-state index in [4.69, 9.17) is 0 Å². The molecule has 5 nitrogen and oxygen atoms in total. The van der Waals surface area contributed by atoms with E-state index >= 15 is 0 Å². The molecule has 1 heterocycles. The minimum Gasteiger partial charge on any atom is -0.337 e. The van der Waals surface area contributed by atoms with Crippen molar-refractivity contribution in [3.05, 3.63) is 48.5 Å². The Bertz CT molecular complexity index is 630. The molecule has 1 saturated carbocycles. The summed E-state index contributed by atoms with van der Waals surface area (Å²) in [6.07, 6.45) is 13.2. The summed E-state index contributed by atoms with van der Waals surface area (Å²) in [5.41, 5.74) is 2.29. The number of hydrogen-bond donors (Lipinski definition) is 2. The molecule has 0 unspecified atom stereocenters. The van der Waals surface area contributed by atoms with E-state index in [9.17, 15) is 4.79 Å². The van der Waals surface area contributed by atoms with Gasteiger partial charge in [0.05, 0.1) is 12.9 Å². The van der Waals surface area contributed by atoms with Crippen LogP contribution >= 0.6 is 0 Å². The molecule has 0 saturated heterocycles. The molecule has 1 amide bonds. The fourth-order valence-corrected chi connectivity index (χ4v) is 3.49. The minimum absolute atomic E-state index is 0.00745. The molecule has 1 aliphatic rings. The van der Waals surface area contributed by atoms with Gasteiger partial charge in [-0.2, -0.15) is 0 Å². The first kappa shape index (κ1) is 17.7. The topological polar surface area (TPSA) is 59.0 Å². The molecular weight excluding hydrogens is 312 g/mol. The predicted octanol–water partition coefficient (Wildman–Crippen LogP) is 3.55. The minimum atomic E-state index is 0.00745. The summed E-state index contributed by atoms with van der Waals surface area (Å²) in [5, 5.41) is 6.15. The van der Waals surface area contributed by atoms with Gasteiger partial charge in [0.1, 0.15) is 0 Å². The molecule has 2 N–H and O–H groups in total. The third-order valence-electron chi connectivity index (χ3n) is 4.89. The van der Waals surface area contributed by atoms with Crippen LogP contribution in [0.15, 0.2) is 43.0 Å². The predicted molar refractivity (Wildman–Crippen MR) is 101 cm³/mol. The third-order valence-corrected chi connectivity index (χ3v) is 4.89. The largest absolute Gasteiger partial charge is 0.337 e. The van der Waals surface area contributed by atoms with Crippen LogP contribution in [0.4, 0.5) is 5.69 Å². The van der Waals surface area contributed by atoms with Crippen molar-refractivity contribution in [3.63, 3.8) is 0 Å². The molecule has 0 bridgehead atoms. The lowest BCUT2D eigenvalue weighted by atomic mass is 9.84. The van der Waals surface area contributed by atoms with Crippen LogP contribution < -0.4 is 10.6 Å². The van der Waals surface area contributed by atoms with Gasteiger partial charge in [0.15, 0.2) is 0 Å². The molecule has 1 aliphatic carbocycles. The summed E-state index contributed by atoms with van der Waals surface area (Å²) in [6, 6.07) is 8.40. The van der Waals surface area contributed by atoms with Crippen LogP contribution in [0, 0.1) is 0 Å². The number of imidazole rings is 1. The molecule has 0 spiro atoms. The van der Waals surface area contributed by atoms with Gasteiger partial charge >= 0.3 is 0 Å². The van der Waals surface area contributed by atoms with Crippen LogP contribution in [0.3, 0.4) is 0 Å². The number of carbonyl (C=O) groups excluding carboxylic acids is 1. The second-order valence-electron chi connectivity index (χ2n) is 6.84. The summed E-state index contributed by atoms with van der Waals surface area (Å²) in [6.45, 7) is 2.07. The number of nitrogens with zero attached hydrogens (tertiary/aromatic N) is 2. The van der Waals surface area contributed by atoms with Gasteiger partial charge in [-0.15, -0.1) is 0 Å². The Hall–Kier alpha value is -2.14. The van der Waals surface area contributed by atoms with Crippen molar-refractivity contribution in [2.24, 2.45) is 0 Å². The number of nitrogens with one attached hydrogen (secondary N) is 2. The van der Waals surface area contributed by atoms with Gasteiger partial charge in [-0.05, 0) is 49.4 Å². The first-order valence-corrected chi connectivity index (χ1v) is 9.37. The number of amides is 1. The van der Waals surface area contributed by atoms with Crippen LogP contribution in [-0.2, 0) is 11.3 Å². The van der Waals surface area contributed by atoms with Gasteiger partial charge in [-0.1, -0.05) is 31.4 Å². The van der Waals surface area contributed by atoms with Crippen LogP contribution in [0.2, 0.25) is 0 Å².